The Kier molecular flexibility index (Phi) is 3.19. The highest BCUT2D eigenvalue weighted by Crippen LogP contribution is 2.35. The van der Waals surface area contributed by atoms with E-state index in [0.29, 0.717) is 11.5 Å². The molecule has 0 spiro atoms. The molecule has 0 atom stereocenters. The second kappa shape index (κ2) is 4.45. The van der Waals surface area contributed by atoms with Gasteiger partial charge < -0.3 is 10.0 Å². The van der Waals surface area contributed by atoms with Gasteiger partial charge in [0.05, 0.1) is 11.3 Å². The highest BCUT2D eigenvalue weighted by atomic mass is 79.9. The number of para-hydroxylation sites is 1. The number of rotatable bonds is 3. The van der Waals surface area contributed by atoms with Crippen molar-refractivity contribution in [2.24, 2.45) is 5.92 Å². The van der Waals surface area contributed by atoms with Crippen LogP contribution in [0.25, 0.3) is 0 Å². The Labute approximate surface area is 103 Å². The molecule has 1 aromatic rings. The number of benzene rings is 1. The zero-order valence-electron chi connectivity index (χ0n) is 9.11. The predicted molar refractivity (Wildman–Crippen MR) is 67.1 cm³/mol. The van der Waals surface area contributed by atoms with Gasteiger partial charge in [-0.1, -0.05) is 13.0 Å². The fraction of sp³-hybridized carbons (Fsp3) is 0.417. The number of nitrogens with zero attached hydrogens (tertiary/aromatic N) is 1. The topological polar surface area (TPSA) is 40.5 Å². The third-order valence-corrected chi connectivity index (χ3v) is 3.71. The smallest absolute Gasteiger partial charge is 0.337 e. The average Bonchev–Trinajstić information content (AvgIpc) is 2.18. The minimum atomic E-state index is -0.865. The summed E-state index contributed by atoms with van der Waals surface area (Å²) in [5, 5.41) is 9.13. The van der Waals surface area contributed by atoms with E-state index in [1.54, 1.807) is 12.1 Å². The summed E-state index contributed by atoms with van der Waals surface area (Å²) in [5.74, 6) is -0.162. The lowest BCUT2D eigenvalue weighted by atomic mass is 9.95. The molecule has 0 unspecified atom stereocenters. The summed E-state index contributed by atoms with van der Waals surface area (Å²) in [5.41, 5.74) is 1.20. The molecule has 2 rings (SSSR count). The second-order valence-corrected chi connectivity index (χ2v) is 4.97. The summed E-state index contributed by atoms with van der Waals surface area (Å²) >= 11 is 3.43. The predicted octanol–water partition coefficient (Wildman–Crippen LogP) is 2.99. The van der Waals surface area contributed by atoms with Crippen LogP contribution in [-0.4, -0.2) is 24.2 Å². The van der Waals surface area contributed by atoms with Gasteiger partial charge in [-0.3, -0.25) is 0 Å². The Hall–Kier alpha value is -1.03. The van der Waals surface area contributed by atoms with Crippen LogP contribution in [0.1, 0.15) is 23.7 Å². The van der Waals surface area contributed by atoms with Gasteiger partial charge in [0.2, 0.25) is 0 Å². The van der Waals surface area contributed by atoms with E-state index in [1.807, 2.05) is 6.07 Å². The molecule has 1 aromatic carbocycles. The highest BCUT2D eigenvalue weighted by molar-refractivity contribution is 9.10. The van der Waals surface area contributed by atoms with Crippen LogP contribution in [0.4, 0.5) is 5.69 Å². The Morgan fingerprint density at radius 3 is 2.81 bits per heavy atom. The van der Waals surface area contributed by atoms with Crippen molar-refractivity contribution in [2.75, 3.05) is 18.0 Å². The molecule has 1 aliphatic rings. The minimum absolute atomic E-state index is 0.379. The Bertz CT molecular complexity index is 413. The van der Waals surface area contributed by atoms with Gasteiger partial charge in [0.1, 0.15) is 0 Å². The van der Waals surface area contributed by atoms with E-state index in [9.17, 15) is 4.79 Å². The molecule has 3 nitrogen and oxygen atoms in total. The molecule has 86 valence electrons. The maximum absolute atomic E-state index is 11.1. The lowest BCUT2D eigenvalue weighted by Gasteiger charge is -2.41. The van der Waals surface area contributed by atoms with Gasteiger partial charge in [-0.2, -0.15) is 0 Å². The standard InChI is InChI=1S/C12H14BrNO2/c1-2-8-6-14(7-8)11-9(12(15)16)4-3-5-10(11)13/h3-5,8H,2,6-7H2,1H3,(H,15,16). The summed E-state index contributed by atoms with van der Waals surface area (Å²) in [7, 11) is 0. The van der Waals surface area contributed by atoms with E-state index in [4.69, 9.17) is 5.11 Å². The van der Waals surface area contributed by atoms with Crippen LogP contribution in [-0.2, 0) is 0 Å². The third-order valence-electron chi connectivity index (χ3n) is 3.07. The molecule has 1 N–H and O–H groups in total. The van der Waals surface area contributed by atoms with Crippen LogP contribution in [0.2, 0.25) is 0 Å². The molecular formula is C12H14BrNO2. The Balaban J connectivity index is 2.29. The molecule has 0 bridgehead atoms. The first-order valence-electron chi connectivity index (χ1n) is 5.40. The number of halogens is 1. The number of carbonyl (C=O) groups is 1. The normalized spacial score (nSPS) is 16.0. The molecule has 0 aromatic heterocycles. The summed E-state index contributed by atoms with van der Waals surface area (Å²) < 4.78 is 0.863. The lowest BCUT2D eigenvalue weighted by Crippen LogP contribution is -2.47. The van der Waals surface area contributed by atoms with Crippen LogP contribution in [0.5, 0.6) is 0 Å². The van der Waals surface area contributed by atoms with Crippen LogP contribution in [0.15, 0.2) is 22.7 Å². The SMILES string of the molecule is CCC1CN(c2c(Br)cccc2C(=O)O)C1. The van der Waals surface area contributed by atoms with Crippen molar-refractivity contribution in [3.05, 3.63) is 28.2 Å². The number of anilines is 1. The van der Waals surface area contributed by atoms with Gasteiger partial charge in [-0.15, -0.1) is 0 Å². The van der Waals surface area contributed by atoms with Crippen molar-refractivity contribution in [2.45, 2.75) is 13.3 Å². The number of hydrogen-bond donors (Lipinski definition) is 1. The van der Waals surface area contributed by atoms with Gasteiger partial charge in [0.15, 0.2) is 0 Å². The fourth-order valence-corrected chi connectivity index (χ4v) is 2.64. The monoisotopic (exact) mass is 283 g/mol. The molecule has 1 aliphatic heterocycles. The largest absolute Gasteiger partial charge is 0.478 e. The average molecular weight is 284 g/mol. The zero-order valence-corrected chi connectivity index (χ0v) is 10.7. The molecule has 0 aliphatic carbocycles. The van der Waals surface area contributed by atoms with Crippen molar-refractivity contribution in [1.82, 2.24) is 0 Å². The Morgan fingerprint density at radius 2 is 2.25 bits per heavy atom. The van der Waals surface area contributed by atoms with Crippen LogP contribution in [0.3, 0.4) is 0 Å². The van der Waals surface area contributed by atoms with E-state index in [1.165, 1.54) is 0 Å². The highest BCUT2D eigenvalue weighted by Gasteiger charge is 2.29. The number of carboxylic acid groups (broad SMARTS) is 1. The third kappa shape index (κ3) is 1.94. The lowest BCUT2D eigenvalue weighted by molar-refractivity contribution is 0.0697. The van der Waals surface area contributed by atoms with E-state index in [2.05, 4.69) is 27.8 Å². The molecule has 0 radical (unpaired) electrons. The second-order valence-electron chi connectivity index (χ2n) is 4.12. The van der Waals surface area contributed by atoms with Crippen molar-refractivity contribution in [1.29, 1.82) is 0 Å². The molecular weight excluding hydrogens is 270 g/mol. The number of aromatic carboxylic acids is 1. The van der Waals surface area contributed by atoms with Crippen LogP contribution in [0, 0.1) is 5.92 Å². The number of hydrogen-bond acceptors (Lipinski definition) is 2. The molecule has 0 saturated carbocycles. The van der Waals surface area contributed by atoms with Crippen molar-refractivity contribution in [3.63, 3.8) is 0 Å². The first-order chi connectivity index (χ1) is 7.63. The minimum Gasteiger partial charge on any atom is -0.478 e. The molecule has 0 amide bonds. The molecule has 1 fully saturated rings. The molecule has 1 saturated heterocycles. The van der Waals surface area contributed by atoms with E-state index in [-0.39, 0.29) is 0 Å². The maximum atomic E-state index is 11.1. The van der Waals surface area contributed by atoms with E-state index < -0.39 is 5.97 Å². The van der Waals surface area contributed by atoms with E-state index in [0.717, 1.165) is 29.7 Å². The summed E-state index contributed by atoms with van der Waals surface area (Å²) in [6.07, 6.45) is 1.16. The van der Waals surface area contributed by atoms with Gasteiger partial charge in [0.25, 0.3) is 0 Å². The van der Waals surface area contributed by atoms with Crippen molar-refractivity contribution < 1.29 is 9.90 Å². The first kappa shape index (κ1) is 11.5. The summed E-state index contributed by atoms with van der Waals surface area (Å²) in [4.78, 5) is 13.2. The number of carboxylic acids is 1. The van der Waals surface area contributed by atoms with Crippen LogP contribution >= 0.6 is 15.9 Å². The van der Waals surface area contributed by atoms with Gasteiger partial charge >= 0.3 is 5.97 Å². The fourth-order valence-electron chi connectivity index (χ4n) is 2.02. The van der Waals surface area contributed by atoms with Gasteiger partial charge in [-0.25, -0.2) is 4.79 Å². The maximum Gasteiger partial charge on any atom is 0.337 e. The summed E-state index contributed by atoms with van der Waals surface area (Å²) in [6, 6.07) is 5.30. The van der Waals surface area contributed by atoms with Gasteiger partial charge in [-0.05, 0) is 40.4 Å². The van der Waals surface area contributed by atoms with Crippen molar-refractivity contribution >= 4 is 27.6 Å². The quantitative estimate of drug-likeness (QED) is 0.927. The van der Waals surface area contributed by atoms with Crippen molar-refractivity contribution in [3.8, 4) is 0 Å². The summed E-state index contributed by atoms with van der Waals surface area (Å²) in [6.45, 7) is 4.08. The molecule has 16 heavy (non-hydrogen) atoms. The van der Waals surface area contributed by atoms with Gasteiger partial charge in [0, 0.05) is 17.6 Å². The van der Waals surface area contributed by atoms with Crippen LogP contribution < -0.4 is 4.90 Å². The molecule has 4 heteroatoms. The Morgan fingerprint density at radius 1 is 1.56 bits per heavy atom. The van der Waals surface area contributed by atoms with E-state index >= 15 is 0 Å². The zero-order chi connectivity index (χ0) is 11.7. The first-order valence-corrected chi connectivity index (χ1v) is 6.19. The molecule has 1 heterocycles.